The van der Waals surface area contributed by atoms with Crippen molar-refractivity contribution in [2.24, 2.45) is 0 Å². The van der Waals surface area contributed by atoms with Gasteiger partial charge in [-0.2, -0.15) is 4.73 Å². The van der Waals surface area contributed by atoms with Crippen LogP contribution >= 0.6 is 23.2 Å². The standard InChI is InChI=1S/C16H21Cl2N3O2/c1-16(22,11-5-6-13(17)14(18)9-11)15-19-12(7-8-20(2)3)10-21(15)23-4/h5-6,9-10,22H,7-8H2,1-4H3. The number of imidazole rings is 1. The van der Waals surface area contributed by atoms with Crippen molar-refractivity contribution in [2.75, 3.05) is 27.7 Å². The maximum Gasteiger partial charge on any atom is 0.181 e. The summed E-state index contributed by atoms with van der Waals surface area (Å²) in [6.45, 7) is 2.51. The number of hydrogen-bond donors (Lipinski definition) is 1. The van der Waals surface area contributed by atoms with E-state index in [1.54, 1.807) is 31.3 Å². The first kappa shape index (κ1) is 18.1. The van der Waals surface area contributed by atoms with Crippen molar-refractivity contribution in [1.29, 1.82) is 0 Å². The monoisotopic (exact) mass is 357 g/mol. The molecule has 0 bridgehead atoms. The summed E-state index contributed by atoms with van der Waals surface area (Å²) in [5, 5.41) is 11.8. The fourth-order valence-corrected chi connectivity index (χ4v) is 2.56. The van der Waals surface area contributed by atoms with E-state index in [2.05, 4.69) is 9.88 Å². The highest BCUT2D eigenvalue weighted by atomic mass is 35.5. The van der Waals surface area contributed by atoms with Crippen LogP contribution in [0.25, 0.3) is 0 Å². The SMILES string of the molecule is COn1cc(CCN(C)C)nc1C(C)(O)c1ccc(Cl)c(Cl)c1. The average molecular weight is 358 g/mol. The lowest BCUT2D eigenvalue weighted by Gasteiger charge is -2.23. The maximum absolute atomic E-state index is 11.0. The van der Waals surface area contributed by atoms with E-state index in [1.807, 2.05) is 14.1 Å². The molecule has 2 rings (SSSR count). The van der Waals surface area contributed by atoms with Gasteiger partial charge in [0.05, 0.1) is 21.9 Å². The maximum atomic E-state index is 11.0. The van der Waals surface area contributed by atoms with Gasteiger partial charge in [0, 0.05) is 13.0 Å². The summed E-state index contributed by atoms with van der Waals surface area (Å²) in [7, 11) is 5.53. The van der Waals surface area contributed by atoms with Crippen molar-refractivity contribution >= 4 is 23.2 Å². The second-order valence-corrected chi connectivity index (χ2v) is 6.63. The molecule has 0 amide bonds. The average Bonchev–Trinajstić information content (AvgIpc) is 2.92. The highest BCUT2D eigenvalue weighted by Gasteiger charge is 2.32. The van der Waals surface area contributed by atoms with Crippen LogP contribution in [0.4, 0.5) is 0 Å². The fraction of sp³-hybridized carbons (Fsp3) is 0.438. The molecule has 1 aromatic carbocycles. The fourth-order valence-electron chi connectivity index (χ4n) is 2.26. The summed E-state index contributed by atoms with van der Waals surface area (Å²) in [5.74, 6) is 0.396. The lowest BCUT2D eigenvalue weighted by Crippen LogP contribution is -2.29. The Bertz CT molecular complexity index is 684. The quantitative estimate of drug-likeness (QED) is 0.863. The van der Waals surface area contributed by atoms with E-state index in [9.17, 15) is 5.11 Å². The topological polar surface area (TPSA) is 50.5 Å². The molecular formula is C16H21Cl2N3O2. The third-order valence-electron chi connectivity index (χ3n) is 3.65. The van der Waals surface area contributed by atoms with E-state index in [0.717, 1.165) is 18.7 Å². The zero-order valence-electron chi connectivity index (χ0n) is 13.7. The minimum Gasteiger partial charge on any atom is -0.416 e. The number of halogens is 2. The number of rotatable bonds is 6. The van der Waals surface area contributed by atoms with E-state index in [1.165, 1.54) is 11.8 Å². The van der Waals surface area contributed by atoms with Crippen molar-refractivity contribution in [1.82, 2.24) is 14.6 Å². The third-order valence-corrected chi connectivity index (χ3v) is 4.39. The third kappa shape index (κ3) is 3.98. The molecule has 2 aromatic rings. The second-order valence-electron chi connectivity index (χ2n) is 5.82. The van der Waals surface area contributed by atoms with Crippen LogP contribution in [0.1, 0.15) is 24.0 Å². The van der Waals surface area contributed by atoms with Crippen LogP contribution in [-0.4, -0.2) is 47.5 Å². The van der Waals surface area contributed by atoms with Gasteiger partial charge in [-0.3, -0.25) is 0 Å². The predicted molar refractivity (Wildman–Crippen MR) is 92.1 cm³/mol. The lowest BCUT2D eigenvalue weighted by molar-refractivity contribution is 0.0556. The molecule has 1 unspecified atom stereocenters. The van der Waals surface area contributed by atoms with Crippen molar-refractivity contribution in [3.63, 3.8) is 0 Å². The van der Waals surface area contributed by atoms with Gasteiger partial charge < -0.3 is 14.8 Å². The summed E-state index contributed by atoms with van der Waals surface area (Å²) in [6.07, 6.45) is 2.54. The summed E-state index contributed by atoms with van der Waals surface area (Å²) in [5.41, 5.74) is 0.0755. The molecule has 0 spiro atoms. The Morgan fingerprint density at radius 1 is 1.30 bits per heavy atom. The van der Waals surface area contributed by atoms with Crippen molar-refractivity contribution in [3.8, 4) is 0 Å². The molecule has 1 atom stereocenters. The summed E-state index contributed by atoms with van der Waals surface area (Å²) in [4.78, 5) is 11.9. The van der Waals surface area contributed by atoms with Gasteiger partial charge in [0.15, 0.2) is 5.82 Å². The number of aliphatic hydroxyl groups is 1. The van der Waals surface area contributed by atoms with Crippen LogP contribution in [0.15, 0.2) is 24.4 Å². The van der Waals surface area contributed by atoms with Gasteiger partial charge in [0.25, 0.3) is 0 Å². The lowest BCUT2D eigenvalue weighted by atomic mass is 9.95. The molecule has 0 fully saturated rings. The van der Waals surface area contributed by atoms with Crippen LogP contribution in [0, 0.1) is 0 Å². The Balaban J connectivity index is 2.39. The summed E-state index contributed by atoms with van der Waals surface area (Å²) >= 11 is 12.0. The Morgan fingerprint density at radius 3 is 2.57 bits per heavy atom. The summed E-state index contributed by atoms with van der Waals surface area (Å²) < 4.78 is 1.48. The molecule has 5 nitrogen and oxygen atoms in total. The van der Waals surface area contributed by atoms with Gasteiger partial charge in [-0.1, -0.05) is 29.3 Å². The van der Waals surface area contributed by atoms with Crippen molar-refractivity contribution in [3.05, 3.63) is 51.5 Å². The molecule has 7 heteroatoms. The Morgan fingerprint density at radius 2 is 2.00 bits per heavy atom. The van der Waals surface area contributed by atoms with Gasteiger partial charge >= 0.3 is 0 Å². The highest BCUT2D eigenvalue weighted by Crippen LogP contribution is 2.32. The van der Waals surface area contributed by atoms with E-state index in [-0.39, 0.29) is 0 Å². The first-order chi connectivity index (χ1) is 10.8. The molecule has 1 heterocycles. The van der Waals surface area contributed by atoms with Gasteiger partial charge in [-0.25, -0.2) is 4.98 Å². The Hall–Kier alpha value is -1.27. The van der Waals surface area contributed by atoms with E-state index >= 15 is 0 Å². The molecule has 0 aliphatic rings. The number of benzene rings is 1. The smallest absolute Gasteiger partial charge is 0.181 e. The summed E-state index contributed by atoms with van der Waals surface area (Å²) in [6, 6.07) is 5.02. The van der Waals surface area contributed by atoms with Gasteiger partial charge in [-0.15, -0.1) is 0 Å². The molecule has 1 N–H and O–H groups in total. The van der Waals surface area contributed by atoms with Crippen molar-refractivity contribution in [2.45, 2.75) is 18.9 Å². The van der Waals surface area contributed by atoms with Crippen molar-refractivity contribution < 1.29 is 9.94 Å². The van der Waals surface area contributed by atoms with Crippen LogP contribution < -0.4 is 4.84 Å². The molecule has 0 saturated heterocycles. The molecule has 0 radical (unpaired) electrons. The predicted octanol–water partition coefficient (Wildman–Crippen LogP) is 2.61. The Kier molecular flexibility index (Phi) is 5.57. The minimum atomic E-state index is -1.36. The van der Waals surface area contributed by atoms with Crippen LogP contribution in [0.5, 0.6) is 0 Å². The normalized spacial score (nSPS) is 14.1. The van der Waals surface area contributed by atoms with Gasteiger partial charge in [0.1, 0.15) is 12.7 Å². The van der Waals surface area contributed by atoms with Crippen LogP contribution in [0.3, 0.4) is 0 Å². The minimum absolute atomic E-state index is 0.382. The first-order valence-corrected chi connectivity index (χ1v) is 7.97. The van der Waals surface area contributed by atoms with E-state index in [0.29, 0.717) is 21.4 Å². The largest absolute Gasteiger partial charge is 0.416 e. The first-order valence-electron chi connectivity index (χ1n) is 7.21. The zero-order chi connectivity index (χ0) is 17.2. The zero-order valence-corrected chi connectivity index (χ0v) is 15.2. The second kappa shape index (κ2) is 7.09. The number of hydrogen-bond acceptors (Lipinski definition) is 4. The van der Waals surface area contributed by atoms with Crippen LogP contribution in [-0.2, 0) is 12.0 Å². The Labute approximate surface area is 146 Å². The number of likely N-dealkylation sites (N-methyl/N-ethyl adjacent to an activating group) is 1. The molecule has 23 heavy (non-hydrogen) atoms. The molecule has 126 valence electrons. The number of aromatic nitrogens is 2. The molecule has 0 saturated carbocycles. The molecule has 1 aromatic heterocycles. The van der Waals surface area contributed by atoms with Gasteiger partial charge in [0.2, 0.25) is 0 Å². The number of nitrogens with zero attached hydrogens (tertiary/aromatic N) is 3. The highest BCUT2D eigenvalue weighted by molar-refractivity contribution is 6.42. The molecule has 0 aliphatic heterocycles. The van der Waals surface area contributed by atoms with Gasteiger partial charge in [-0.05, 0) is 38.7 Å². The van der Waals surface area contributed by atoms with E-state index < -0.39 is 5.60 Å². The molecule has 0 aliphatic carbocycles. The van der Waals surface area contributed by atoms with Crippen LogP contribution in [0.2, 0.25) is 10.0 Å². The molecular weight excluding hydrogens is 337 g/mol. The van der Waals surface area contributed by atoms with E-state index in [4.69, 9.17) is 28.0 Å².